The first-order chi connectivity index (χ1) is 11.5. The maximum Gasteiger partial charge on any atom is 0.275 e. The zero-order chi connectivity index (χ0) is 17.1. The van der Waals surface area contributed by atoms with Crippen LogP contribution in [0.5, 0.6) is 0 Å². The van der Waals surface area contributed by atoms with Gasteiger partial charge in [0.05, 0.1) is 23.3 Å². The van der Waals surface area contributed by atoms with Gasteiger partial charge < -0.3 is 15.1 Å². The highest BCUT2D eigenvalue weighted by atomic mass is 19.1. The SMILES string of the molecule is Cc1cnc(C(=O)Nc2cc(F)ccc2N2CCN(C)CC2)cn1. The maximum absolute atomic E-state index is 13.7. The molecule has 1 amide bonds. The van der Waals surface area contributed by atoms with Crippen LogP contribution >= 0.6 is 0 Å². The van der Waals surface area contributed by atoms with Crippen molar-refractivity contribution >= 4 is 17.3 Å². The molecule has 126 valence electrons. The zero-order valence-corrected chi connectivity index (χ0v) is 13.8. The number of rotatable bonds is 3. The van der Waals surface area contributed by atoms with Gasteiger partial charge in [0.15, 0.2) is 0 Å². The number of carbonyl (C=O) groups excluding carboxylic acids is 1. The van der Waals surface area contributed by atoms with Gasteiger partial charge in [-0.05, 0) is 32.2 Å². The molecule has 1 fully saturated rings. The number of aryl methyl sites for hydroxylation is 1. The van der Waals surface area contributed by atoms with E-state index in [-0.39, 0.29) is 5.69 Å². The Hall–Kier alpha value is -2.54. The van der Waals surface area contributed by atoms with E-state index in [9.17, 15) is 9.18 Å². The third kappa shape index (κ3) is 3.68. The van der Waals surface area contributed by atoms with Crippen molar-refractivity contribution in [2.45, 2.75) is 6.92 Å². The predicted molar refractivity (Wildman–Crippen MR) is 90.8 cm³/mol. The highest BCUT2D eigenvalue weighted by molar-refractivity contribution is 6.04. The summed E-state index contributed by atoms with van der Waals surface area (Å²) in [5.74, 6) is -0.790. The average molecular weight is 329 g/mol. The predicted octanol–water partition coefficient (Wildman–Crippen LogP) is 1.93. The summed E-state index contributed by atoms with van der Waals surface area (Å²) in [6.45, 7) is 5.31. The number of amides is 1. The summed E-state index contributed by atoms with van der Waals surface area (Å²) in [4.78, 5) is 24.9. The van der Waals surface area contributed by atoms with E-state index < -0.39 is 11.7 Å². The molecule has 0 bridgehead atoms. The van der Waals surface area contributed by atoms with Gasteiger partial charge in [0, 0.05) is 32.4 Å². The van der Waals surface area contributed by atoms with Crippen LogP contribution in [0.3, 0.4) is 0 Å². The largest absolute Gasteiger partial charge is 0.367 e. The van der Waals surface area contributed by atoms with Gasteiger partial charge in [-0.3, -0.25) is 9.78 Å². The molecular formula is C17H20FN5O. The molecule has 0 aliphatic carbocycles. The number of piperazine rings is 1. The molecule has 24 heavy (non-hydrogen) atoms. The molecule has 1 aliphatic rings. The molecule has 0 radical (unpaired) electrons. The molecule has 0 saturated carbocycles. The molecule has 0 atom stereocenters. The second kappa shape index (κ2) is 6.92. The Balaban J connectivity index is 1.82. The van der Waals surface area contributed by atoms with Gasteiger partial charge in [0.1, 0.15) is 11.5 Å². The van der Waals surface area contributed by atoms with Crippen LogP contribution in [0.1, 0.15) is 16.2 Å². The van der Waals surface area contributed by atoms with Crippen LogP contribution in [-0.4, -0.2) is 54.0 Å². The number of carbonyl (C=O) groups is 1. The van der Waals surface area contributed by atoms with Crippen molar-refractivity contribution in [2.75, 3.05) is 43.4 Å². The molecule has 1 aromatic heterocycles. The van der Waals surface area contributed by atoms with Gasteiger partial charge in [-0.1, -0.05) is 0 Å². The maximum atomic E-state index is 13.7. The van der Waals surface area contributed by atoms with E-state index in [1.807, 2.05) is 0 Å². The van der Waals surface area contributed by atoms with Crippen molar-refractivity contribution < 1.29 is 9.18 Å². The van der Waals surface area contributed by atoms with Gasteiger partial charge in [-0.25, -0.2) is 9.37 Å². The Morgan fingerprint density at radius 3 is 2.58 bits per heavy atom. The van der Waals surface area contributed by atoms with Crippen LogP contribution in [0.25, 0.3) is 0 Å². The Bertz CT molecular complexity index is 726. The van der Waals surface area contributed by atoms with Crippen LogP contribution in [0.15, 0.2) is 30.6 Å². The first kappa shape index (κ1) is 16.3. The van der Waals surface area contributed by atoms with Crippen molar-refractivity contribution in [2.24, 2.45) is 0 Å². The number of hydrogen-bond donors (Lipinski definition) is 1. The molecule has 2 heterocycles. The molecule has 1 N–H and O–H groups in total. The number of aromatic nitrogens is 2. The molecule has 7 heteroatoms. The average Bonchev–Trinajstić information content (AvgIpc) is 2.57. The number of anilines is 2. The van der Waals surface area contributed by atoms with Crippen LogP contribution < -0.4 is 10.2 Å². The van der Waals surface area contributed by atoms with E-state index >= 15 is 0 Å². The summed E-state index contributed by atoms with van der Waals surface area (Å²) in [5, 5.41) is 2.76. The number of nitrogens with zero attached hydrogens (tertiary/aromatic N) is 4. The van der Waals surface area contributed by atoms with Crippen molar-refractivity contribution in [1.29, 1.82) is 0 Å². The van der Waals surface area contributed by atoms with Gasteiger partial charge >= 0.3 is 0 Å². The van der Waals surface area contributed by atoms with Crippen LogP contribution in [0.2, 0.25) is 0 Å². The summed E-state index contributed by atoms with van der Waals surface area (Å²) in [6, 6.07) is 4.46. The van der Waals surface area contributed by atoms with Crippen LogP contribution in [-0.2, 0) is 0 Å². The molecule has 1 aromatic carbocycles. The quantitative estimate of drug-likeness (QED) is 0.932. The lowest BCUT2D eigenvalue weighted by Crippen LogP contribution is -2.44. The number of benzene rings is 1. The highest BCUT2D eigenvalue weighted by Gasteiger charge is 2.19. The zero-order valence-electron chi connectivity index (χ0n) is 13.8. The highest BCUT2D eigenvalue weighted by Crippen LogP contribution is 2.28. The Morgan fingerprint density at radius 1 is 1.17 bits per heavy atom. The molecular weight excluding hydrogens is 309 g/mol. The normalized spacial score (nSPS) is 15.4. The van der Waals surface area contributed by atoms with E-state index in [0.29, 0.717) is 5.69 Å². The van der Waals surface area contributed by atoms with Crippen molar-refractivity contribution in [3.63, 3.8) is 0 Å². The summed E-state index contributed by atoms with van der Waals surface area (Å²) in [5.41, 5.74) is 2.20. The second-order valence-electron chi connectivity index (χ2n) is 5.95. The Morgan fingerprint density at radius 2 is 1.92 bits per heavy atom. The van der Waals surface area contributed by atoms with Gasteiger partial charge in [0.2, 0.25) is 0 Å². The fraction of sp³-hybridized carbons (Fsp3) is 0.353. The van der Waals surface area contributed by atoms with Gasteiger partial charge in [-0.15, -0.1) is 0 Å². The van der Waals surface area contributed by atoms with Crippen molar-refractivity contribution in [3.05, 3.63) is 47.8 Å². The van der Waals surface area contributed by atoms with E-state index in [4.69, 9.17) is 0 Å². The standard InChI is InChI=1S/C17H20FN5O/c1-12-10-20-15(11-19-12)17(24)21-14-9-13(18)3-4-16(14)23-7-5-22(2)6-8-23/h3-4,9-11H,5-8H2,1-2H3,(H,21,24). The third-order valence-electron chi connectivity index (χ3n) is 4.06. The van der Waals surface area contributed by atoms with Crippen LogP contribution in [0, 0.1) is 12.7 Å². The number of hydrogen-bond acceptors (Lipinski definition) is 5. The van der Waals surface area contributed by atoms with E-state index in [1.165, 1.54) is 24.5 Å². The minimum Gasteiger partial charge on any atom is -0.367 e. The summed E-state index contributed by atoms with van der Waals surface area (Å²) >= 11 is 0. The van der Waals surface area contributed by atoms with E-state index in [2.05, 4.69) is 32.1 Å². The Labute approximate surface area is 140 Å². The van der Waals surface area contributed by atoms with Crippen molar-refractivity contribution in [3.8, 4) is 0 Å². The molecule has 3 rings (SSSR count). The lowest BCUT2D eigenvalue weighted by Gasteiger charge is -2.35. The topological polar surface area (TPSA) is 61.4 Å². The fourth-order valence-corrected chi connectivity index (χ4v) is 2.63. The smallest absolute Gasteiger partial charge is 0.275 e. The summed E-state index contributed by atoms with van der Waals surface area (Å²) < 4.78 is 13.7. The van der Waals surface area contributed by atoms with Gasteiger partial charge in [0.25, 0.3) is 5.91 Å². The summed E-state index contributed by atoms with van der Waals surface area (Å²) in [6.07, 6.45) is 2.95. The molecule has 2 aromatic rings. The fourth-order valence-electron chi connectivity index (χ4n) is 2.63. The van der Waals surface area contributed by atoms with E-state index in [1.54, 1.807) is 13.0 Å². The molecule has 1 saturated heterocycles. The molecule has 1 aliphatic heterocycles. The Kier molecular flexibility index (Phi) is 4.71. The minimum atomic E-state index is -0.400. The number of likely N-dealkylation sites (N-methyl/N-ethyl adjacent to an activating group) is 1. The molecule has 6 nitrogen and oxygen atoms in total. The molecule has 0 spiro atoms. The first-order valence-corrected chi connectivity index (χ1v) is 7.86. The minimum absolute atomic E-state index is 0.203. The number of halogens is 1. The first-order valence-electron chi connectivity index (χ1n) is 7.86. The monoisotopic (exact) mass is 329 g/mol. The molecule has 0 unspecified atom stereocenters. The lowest BCUT2D eigenvalue weighted by molar-refractivity contribution is 0.102. The lowest BCUT2D eigenvalue weighted by atomic mass is 10.2. The van der Waals surface area contributed by atoms with Gasteiger partial charge in [-0.2, -0.15) is 0 Å². The number of nitrogens with one attached hydrogen (secondary N) is 1. The van der Waals surface area contributed by atoms with E-state index in [0.717, 1.165) is 37.6 Å². The van der Waals surface area contributed by atoms with Crippen molar-refractivity contribution in [1.82, 2.24) is 14.9 Å². The van der Waals surface area contributed by atoms with Crippen LogP contribution in [0.4, 0.5) is 15.8 Å². The summed E-state index contributed by atoms with van der Waals surface area (Å²) in [7, 11) is 2.07. The second-order valence-corrected chi connectivity index (χ2v) is 5.95. The third-order valence-corrected chi connectivity index (χ3v) is 4.06.